The van der Waals surface area contributed by atoms with Crippen molar-refractivity contribution < 1.29 is 4.79 Å². The van der Waals surface area contributed by atoms with Crippen LogP contribution < -0.4 is 15.5 Å². The Morgan fingerprint density at radius 3 is 2.55 bits per heavy atom. The fraction of sp³-hybridized carbons (Fsp3) is 0.783. The molecule has 6 heteroatoms. The maximum Gasteiger partial charge on any atom is 0.225 e. The summed E-state index contributed by atoms with van der Waals surface area (Å²) >= 11 is 0. The zero-order chi connectivity index (χ0) is 20.6. The van der Waals surface area contributed by atoms with E-state index in [1.54, 1.807) is 0 Å². The topological polar surface area (TPSA) is 70.2 Å². The van der Waals surface area contributed by atoms with Gasteiger partial charge in [0.1, 0.15) is 5.82 Å². The molecule has 162 valence electrons. The average Bonchev–Trinajstić information content (AvgIpc) is 2.73. The lowest BCUT2D eigenvalue weighted by Crippen LogP contribution is -2.34. The number of aryl methyl sites for hydroxylation is 1. The molecule has 2 aliphatic rings. The Labute approximate surface area is 176 Å². The molecule has 29 heavy (non-hydrogen) atoms. The van der Waals surface area contributed by atoms with Crippen LogP contribution in [0.25, 0.3) is 0 Å². The standard InChI is InChI=1S/C23H39N5O/c1-4-5-6-11-21(29)24-16-17-12-14-18(15-13-17)25-23-26-20-10-8-7-9-19(20)22(27-23)28(2)3/h17-18H,4-16H2,1-3H3,(H,24,29)(H,25,26,27). The number of fused-ring (bicyclic) bond motifs is 1. The van der Waals surface area contributed by atoms with Crippen molar-refractivity contribution in [3.05, 3.63) is 11.3 Å². The van der Waals surface area contributed by atoms with Gasteiger partial charge in [-0.1, -0.05) is 19.8 Å². The molecule has 0 bridgehead atoms. The lowest BCUT2D eigenvalue weighted by molar-refractivity contribution is -0.121. The second-order valence-corrected chi connectivity index (χ2v) is 9.02. The molecule has 0 unspecified atom stereocenters. The number of hydrogen-bond acceptors (Lipinski definition) is 5. The normalized spacial score (nSPS) is 21.3. The molecule has 1 heterocycles. The number of rotatable bonds is 9. The van der Waals surface area contributed by atoms with Crippen molar-refractivity contribution in [2.75, 3.05) is 30.9 Å². The van der Waals surface area contributed by atoms with E-state index in [9.17, 15) is 4.79 Å². The van der Waals surface area contributed by atoms with E-state index in [2.05, 4.69) is 36.6 Å². The van der Waals surface area contributed by atoms with Gasteiger partial charge in [0.05, 0.1) is 5.69 Å². The van der Waals surface area contributed by atoms with Crippen LogP contribution in [0.2, 0.25) is 0 Å². The van der Waals surface area contributed by atoms with Crippen LogP contribution in [0, 0.1) is 5.92 Å². The summed E-state index contributed by atoms with van der Waals surface area (Å²) in [7, 11) is 4.14. The molecule has 6 nitrogen and oxygen atoms in total. The van der Waals surface area contributed by atoms with Crippen LogP contribution >= 0.6 is 0 Å². The number of anilines is 2. The van der Waals surface area contributed by atoms with Crippen LogP contribution in [0.5, 0.6) is 0 Å². The smallest absolute Gasteiger partial charge is 0.225 e. The van der Waals surface area contributed by atoms with Gasteiger partial charge in [-0.05, 0) is 63.7 Å². The molecule has 3 rings (SSSR count). The summed E-state index contributed by atoms with van der Waals surface area (Å²) in [6.45, 7) is 3.00. The Balaban J connectivity index is 1.47. The monoisotopic (exact) mass is 401 g/mol. The largest absolute Gasteiger partial charge is 0.362 e. The molecule has 1 amide bonds. The van der Waals surface area contributed by atoms with E-state index in [1.807, 2.05) is 0 Å². The Hall–Kier alpha value is -1.85. The van der Waals surface area contributed by atoms with Crippen LogP contribution in [-0.2, 0) is 17.6 Å². The van der Waals surface area contributed by atoms with Gasteiger partial charge in [-0.15, -0.1) is 0 Å². The van der Waals surface area contributed by atoms with Gasteiger partial charge in [-0.3, -0.25) is 4.79 Å². The van der Waals surface area contributed by atoms with Crippen molar-refractivity contribution in [1.29, 1.82) is 0 Å². The minimum Gasteiger partial charge on any atom is -0.362 e. The highest BCUT2D eigenvalue weighted by Crippen LogP contribution is 2.30. The molecule has 1 fully saturated rings. The van der Waals surface area contributed by atoms with Crippen LogP contribution in [0.15, 0.2) is 0 Å². The summed E-state index contributed by atoms with van der Waals surface area (Å²) in [5.74, 6) is 2.70. The molecule has 0 spiro atoms. The SMILES string of the molecule is CCCCCC(=O)NCC1CCC(Nc2nc3c(c(N(C)C)n2)CCCC3)CC1. The van der Waals surface area contributed by atoms with Crippen LogP contribution in [-0.4, -0.2) is 42.6 Å². The van der Waals surface area contributed by atoms with Crippen molar-refractivity contribution >= 4 is 17.7 Å². The van der Waals surface area contributed by atoms with E-state index in [0.29, 0.717) is 18.4 Å². The third-order valence-corrected chi connectivity index (χ3v) is 6.36. The summed E-state index contributed by atoms with van der Waals surface area (Å²) in [6, 6.07) is 0.433. The number of nitrogens with one attached hydrogen (secondary N) is 2. The average molecular weight is 402 g/mol. The minimum atomic E-state index is 0.220. The summed E-state index contributed by atoms with van der Waals surface area (Å²) in [5.41, 5.74) is 2.57. The molecule has 2 N–H and O–H groups in total. The Kier molecular flexibility index (Phi) is 8.13. The molecule has 0 atom stereocenters. The number of carbonyl (C=O) groups is 1. The van der Waals surface area contributed by atoms with E-state index < -0.39 is 0 Å². The number of carbonyl (C=O) groups excluding carboxylic acids is 1. The van der Waals surface area contributed by atoms with Crippen LogP contribution in [0.4, 0.5) is 11.8 Å². The first-order valence-corrected chi connectivity index (χ1v) is 11.7. The molecule has 0 saturated heterocycles. The Morgan fingerprint density at radius 2 is 1.83 bits per heavy atom. The highest BCUT2D eigenvalue weighted by atomic mass is 16.1. The Morgan fingerprint density at radius 1 is 1.07 bits per heavy atom. The van der Waals surface area contributed by atoms with Crippen LogP contribution in [0.3, 0.4) is 0 Å². The van der Waals surface area contributed by atoms with Gasteiger partial charge in [0, 0.05) is 38.7 Å². The number of hydrogen-bond donors (Lipinski definition) is 2. The summed E-state index contributed by atoms with van der Waals surface area (Å²) < 4.78 is 0. The van der Waals surface area contributed by atoms with E-state index >= 15 is 0 Å². The molecule has 0 aliphatic heterocycles. The highest BCUT2D eigenvalue weighted by molar-refractivity contribution is 5.75. The predicted molar refractivity (Wildman–Crippen MR) is 120 cm³/mol. The van der Waals surface area contributed by atoms with Gasteiger partial charge < -0.3 is 15.5 Å². The molecule has 0 radical (unpaired) electrons. The van der Waals surface area contributed by atoms with Crippen molar-refractivity contribution in [3.8, 4) is 0 Å². The lowest BCUT2D eigenvalue weighted by Gasteiger charge is -2.30. The van der Waals surface area contributed by atoms with Gasteiger partial charge in [0.15, 0.2) is 0 Å². The molecule has 1 aromatic heterocycles. The first kappa shape index (κ1) is 21.8. The maximum atomic E-state index is 11.9. The van der Waals surface area contributed by atoms with Gasteiger partial charge >= 0.3 is 0 Å². The third kappa shape index (κ3) is 6.31. The first-order valence-electron chi connectivity index (χ1n) is 11.7. The molecule has 0 aromatic carbocycles. The molecular formula is C23H39N5O. The highest BCUT2D eigenvalue weighted by Gasteiger charge is 2.24. The summed E-state index contributed by atoms with van der Waals surface area (Å²) in [6.07, 6.45) is 13.2. The fourth-order valence-corrected chi connectivity index (χ4v) is 4.58. The van der Waals surface area contributed by atoms with Gasteiger partial charge in [0.25, 0.3) is 0 Å². The number of aromatic nitrogens is 2. The molecule has 1 saturated carbocycles. The first-order chi connectivity index (χ1) is 14.1. The molecule has 2 aliphatic carbocycles. The lowest BCUT2D eigenvalue weighted by atomic mass is 9.86. The zero-order valence-corrected chi connectivity index (χ0v) is 18.6. The van der Waals surface area contributed by atoms with Crippen molar-refractivity contribution in [2.45, 2.75) is 90.0 Å². The minimum absolute atomic E-state index is 0.220. The predicted octanol–water partition coefficient (Wildman–Crippen LogP) is 4.09. The maximum absolute atomic E-state index is 11.9. The van der Waals surface area contributed by atoms with E-state index in [-0.39, 0.29) is 5.91 Å². The third-order valence-electron chi connectivity index (χ3n) is 6.36. The van der Waals surface area contributed by atoms with E-state index in [1.165, 1.54) is 24.1 Å². The van der Waals surface area contributed by atoms with Crippen molar-refractivity contribution in [3.63, 3.8) is 0 Å². The summed E-state index contributed by atoms with van der Waals surface area (Å²) in [5, 5.41) is 6.75. The van der Waals surface area contributed by atoms with Crippen molar-refractivity contribution in [2.24, 2.45) is 5.92 Å². The van der Waals surface area contributed by atoms with Gasteiger partial charge in [-0.2, -0.15) is 4.98 Å². The second kappa shape index (κ2) is 10.8. The van der Waals surface area contributed by atoms with Gasteiger partial charge in [0.2, 0.25) is 11.9 Å². The number of nitrogens with zero attached hydrogens (tertiary/aromatic N) is 3. The quantitative estimate of drug-likeness (QED) is 0.610. The Bertz CT molecular complexity index is 667. The zero-order valence-electron chi connectivity index (χ0n) is 18.6. The molecule has 1 aromatic rings. The van der Waals surface area contributed by atoms with Gasteiger partial charge in [-0.25, -0.2) is 4.98 Å². The summed E-state index contributed by atoms with van der Waals surface area (Å²) in [4.78, 5) is 23.7. The van der Waals surface area contributed by atoms with Crippen LogP contribution in [0.1, 0.15) is 82.4 Å². The molecular weight excluding hydrogens is 362 g/mol. The van der Waals surface area contributed by atoms with E-state index in [0.717, 1.165) is 76.1 Å². The number of amides is 1. The van der Waals surface area contributed by atoms with E-state index in [4.69, 9.17) is 9.97 Å². The fourth-order valence-electron chi connectivity index (χ4n) is 4.58. The van der Waals surface area contributed by atoms with Crippen molar-refractivity contribution in [1.82, 2.24) is 15.3 Å². The second-order valence-electron chi connectivity index (χ2n) is 9.02. The number of unbranched alkanes of at least 4 members (excludes halogenated alkanes) is 2.